The maximum atomic E-state index is 12.6. The van der Waals surface area contributed by atoms with Gasteiger partial charge < -0.3 is 20.9 Å². The zero-order valence-electron chi connectivity index (χ0n) is 16.4. The number of piperidine rings is 2. The van der Waals surface area contributed by atoms with Gasteiger partial charge in [0.2, 0.25) is 17.7 Å². The highest BCUT2D eigenvalue weighted by Gasteiger charge is 2.31. The molecule has 0 radical (unpaired) electrons. The van der Waals surface area contributed by atoms with Gasteiger partial charge >= 0.3 is 0 Å². The molecule has 0 saturated carbocycles. The molecule has 0 aromatic rings. The summed E-state index contributed by atoms with van der Waals surface area (Å²) in [6.45, 7) is 8.83. The summed E-state index contributed by atoms with van der Waals surface area (Å²) in [4.78, 5) is 40.5. The van der Waals surface area contributed by atoms with Crippen LogP contribution in [0, 0.1) is 17.8 Å². The molecule has 26 heavy (non-hydrogen) atoms. The standard InChI is InChI=1S/C19H34N4O3/c1-13(2)17(20)18(25)21-12-16(24)22-10-6-15(7-11-22)19(26)23-8-4-14(3)5-9-23/h13-15,17H,4-12,20H2,1-3H3,(H,21,25)/t17-/m0/s1. The van der Waals surface area contributed by atoms with Crippen molar-refractivity contribution in [3.8, 4) is 0 Å². The number of likely N-dealkylation sites (tertiary alicyclic amines) is 2. The molecule has 3 N–H and O–H groups in total. The van der Waals surface area contributed by atoms with Crippen molar-refractivity contribution in [2.45, 2.75) is 52.5 Å². The van der Waals surface area contributed by atoms with E-state index in [1.807, 2.05) is 18.7 Å². The van der Waals surface area contributed by atoms with E-state index in [0.29, 0.717) is 31.8 Å². The summed E-state index contributed by atoms with van der Waals surface area (Å²) in [5.74, 6) is 0.614. The summed E-state index contributed by atoms with van der Waals surface area (Å²) >= 11 is 0. The molecule has 0 unspecified atom stereocenters. The summed E-state index contributed by atoms with van der Waals surface area (Å²) in [6.07, 6.45) is 3.58. The molecule has 0 spiro atoms. The molecule has 0 aliphatic carbocycles. The Balaban J connectivity index is 1.73. The van der Waals surface area contributed by atoms with E-state index in [4.69, 9.17) is 5.73 Å². The number of rotatable bonds is 5. The molecule has 3 amide bonds. The zero-order chi connectivity index (χ0) is 19.3. The molecule has 2 heterocycles. The number of nitrogens with two attached hydrogens (primary N) is 1. The Morgan fingerprint density at radius 2 is 1.54 bits per heavy atom. The predicted octanol–water partition coefficient (Wildman–Crippen LogP) is 0.583. The van der Waals surface area contributed by atoms with E-state index in [9.17, 15) is 14.4 Å². The molecule has 0 bridgehead atoms. The number of amides is 3. The quantitative estimate of drug-likeness (QED) is 0.744. The normalized spacial score (nSPS) is 21.0. The van der Waals surface area contributed by atoms with Gasteiger partial charge in [0.05, 0.1) is 12.6 Å². The summed E-state index contributed by atoms with van der Waals surface area (Å²) in [5, 5.41) is 2.62. The minimum Gasteiger partial charge on any atom is -0.346 e. The summed E-state index contributed by atoms with van der Waals surface area (Å²) < 4.78 is 0. The molecule has 2 saturated heterocycles. The molecule has 2 rings (SSSR count). The summed E-state index contributed by atoms with van der Waals surface area (Å²) in [7, 11) is 0. The van der Waals surface area contributed by atoms with Crippen LogP contribution in [0.3, 0.4) is 0 Å². The lowest BCUT2D eigenvalue weighted by molar-refractivity contribution is -0.141. The van der Waals surface area contributed by atoms with Gasteiger partial charge in [0, 0.05) is 32.1 Å². The lowest BCUT2D eigenvalue weighted by Crippen LogP contribution is -2.50. The maximum absolute atomic E-state index is 12.6. The van der Waals surface area contributed by atoms with Crippen LogP contribution in [0.15, 0.2) is 0 Å². The van der Waals surface area contributed by atoms with Crippen LogP contribution in [0.2, 0.25) is 0 Å². The highest BCUT2D eigenvalue weighted by Crippen LogP contribution is 2.23. The molecule has 2 aliphatic rings. The minimum atomic E-state index is -0.599. The van der Waals surface area contributed by atoms with Gasteiger partial charge in [-0.25, -0.2) is 0 Å². The van der Waals surface area contributed by atoms with E-state index in [1.165, 1.54) is 0 Å². The maximum Gasteiger partial charge on any atom is 0.241 e. The van der Waals surface area contributed by atoms with Crippen molar-refractivity contribution >= 4 is 17.7 Å². The van der Waals surface area contributed by atoms with Crippen LogP contribution in [0.5, 0.6) is 0 Å². The highest BCUT2D eigenvalue weighted by molar-refractivity contribution is 5.87. The first-order chi connectivity index (χ1) is 12.3. The first-order valence-corrected chi connectivity index (χ1v) is 9.89. The first-order valence-electron chi connectivity index (χ1n) is 9.89. The Morgan fingerprint density at radius 1 is 1.00 bits per heavy atom. The third-order valence-electron chi connectivity index (χ3n) is 5.73. The van der Waals surface area contributed by atoms with Crippen LogP contribution in [0.25, 0.3) is 0 Å². The molecular weight excluding hydrogens is 332 g/mol. The fraction of sp³-hybridized carbons (Fsp3) is 0.842. The van der Waals surface area contributed by atoms with Gasteiger partial charge in [0.1, 0.15) is 0 Å². The van der Waals surface area contributed by atoms with Crippen LogP contribution in [-0.2, 0) is 14.4 Å². The number of hydrogen-bond acceptors (Lipinski definition) is 4. The Bertz CT molecular complexity index is 507. The van der Waals surface area contributed by atoms with Gasteiger partial charge in [-0.05, 0) is 37.5 Å². The van der Waals surface area contributed by atoms with Crippen LogP contribution >= 0.6 is 0 Å². The van der Waals surface area contributed by atoms with Crippen LogP contribution in [0.4, 0.5) is 0 Å². The summed E-state index contributed by atoms with van der Waals surface area (Å²) in [5.41, 5.74) is 5.78. The zero-order valence-corrected chi connectivity index (χ0v) is 16.4. The first kappa shape index (κ1) is 20.7. The highest BCUT2D eigenvalue weighted by atomic mass is 16.2. The van der Waals surface area contributed by atoms with E-state index in [1.54, 1.807) is 4.90 Å². The van der Waals surface area contributed by atoms with Crippen molar-refractivity contribution in [3.63, 3.8) is 0 Å². The smallest absolute Gasteiger partial charge is 0.241 e. The largest absolute Gasteiger partial charge is 0.346 e. The molecule has 148 valence electrons. The Morgan fingerprint density at radius 3 is 2.08 bits per heavy atom. The average Bonchev–Trinajstić information content (AvgIpc) is 2.65. The third-order valence-corrected chi connectivity index (χ3v) is 5.73. The number of nitrogens with zero attached hydrogens (tertiary/aromatic N) is 2. The van der Waals surface area contributed by atoms with Gasteiger partial charge in [0.25, 0.3) is 0 Å². The second kappa shape index (κ2) is 9.35. The number of carbonyl (C=O) groups excluding carboxylic acids is 3. The second-order valence-corrected chi connectivity index (χ2v) is 8.15. The van der Waals surface area contributed by atoms with Crippen molar-refractivity contribution in [1.29, 1.82) is 0 Å². The van der Waals surface area contributed by atoms with Gasteiger partial charge in [-0.2, -0.15) is 0 Å². The Labute approximate surface area is 156 Å². The predicted molar refractivity (Wildman–Crippen MR) is 100 cm³/mol. The van der Waals surface area contributed by atoms with Crippen LogP contribution in [0.1, 0.15) is 46.5 Å². The second-order valence-electron chi connectivity index (χ2n) is 8.15. The molecule has 7 heteroatoms. The fourth-order valence-electron chi connectivity index (χ4n) is 3.56. The SMILES string of the molecule is CC1CCN(C(=O)C2CCN(C(=O)CNC(=O)[C@@H](N)C(C)C)CC2)CC1. The van der Waals surface area contributed by atoms with E-state index >= 15 is 0 Å². The Kier molecular flexibility index (Phi) is 7.43. The third kappa shape index (κ3) is 5.43. The molecular formula is C19H34N4O3. The molecule has 7 nitrogen and oxygen atoms in total. The van der Waals surface area contributed by atoms with Crippen LogP contribution < -0.4 is 11.1 Å². The van der Waals surface area contributed by atoms with E-state index < -0.39 is 6.04 Å². The van der Waals surface area contributed by atoms with Crippen molar-refractivity contribution in [1.82, 2.24) is 15.1 Å². The summed E-state index contributed by atoms with van der Waals surface area (Å²) in [6, 6.07) is -0.599. The van der Waals surface area contributed by atoms with Crippen molar-refractivity contribution in [3.05, 3.63) is 0 Å². The minimum absolute atomic E-state index is 0.0245. The van der Waals surface area contributed by atoms with Gasteiger partial charge in [-0.3, -0.25) is 14.4 Å². The van der Waals surface area contributed by atoms with Gasteiger partial charge in [0.15, 0.2) is 0 Å². The van der Waals surface area contributed by atoms with Gasteiger partial charge in [-0.1, -0.05) is 20.8 Å². The molecule has 2 aliphatic heterocycles. The average molecular weight is 367 g/mol. The lowest BCUT2D eigenvalue weighted by Gasteiger charge is -2.36. The molecule has 0 aromatic heterocycles. The Hall–Kier alpha value is -1.63. The number of nitrogens with one attached hydrogen (secondary N) is 1. The van der Waals surface area contributed by atoms with Gasteiger partial charge in [-0.15, -0.1) is 0 Å². The molecule has 0 aromatic carbocycles. The molecule has 1 atom stereocenters. The topological polar surface area (TPSA) is 95.7 Å². The van der Waals surface area contributed by atoms with Crippen molar-refractivity contribution in [2.75, 3.05) is 32.7 Å². The lowest BCUT2D eigenvalue weighted by atomic mass is 9.92. The van der Waals surface area contributed by atoms with Crippen molar-refractivity contribution < 1.29 is 14.4 Å². The number of hydrogen-bond donors (Lipinski definition) is 2. The van der Waals surface area contributed by atoms with Crippen molar-refractivity contribution in [2.24, 2.45) is 23.5 Å². The van der Waals surface area contributed by atoms with Crippen LogP contribution in [-0.4, -0.2) is 66.3 Å². The van der Waals surface area contributed by atoms with E-state index in [2.05, 4.69) is 12.2 Å². The van der Waals surface area contributed by atoms with E-state index in [-0.39, 0.29) is 36.1 Å². The fourth-order valence-corrected chi connectivity index (χ4v) is 3.56. The van der Waals surface area contributed by atoms with E-state index in [0.717, 1.165) is 25.9 Å². The molecule has 2 fully saturated rings. The number of carbonyl (C=O) groups is 3. The monoisotopic (exact) mass is 366 g/mol.